The third-order valence-electron chi connectivity index (χ3n) is 3.16. The van der Waals surface area contributed by atoms with Crippen molar-refractivity contribution in [2.24, 2.45) is 0 Å². The van der Waals surface area contributed by atoms with E-state index in [1.54, 1.807) is 12.4 Å². The van der Waals surface area contributed by atoms with Crippen LogP contribution in [0.25, 0.3) is 11.4 Å². The van der Waals surface area contributed by atoms with E-state index in [1.807, 2.05) is 12.1 Å². The van der Waals surface area contributed by atoms with Crippen molar-refractivity contribution in [3.63, 3.8) is 0 Å². The summed E-state index contributed by atoms with van der Waals surface area (Å²) in [5.74, 6) is 2.27. The normalized spacial score (nSPS) is 16.2. The molecule has 6 heteroatoms. The molecule has 2 aromatic rings. The zero-order valence-electron chi connectivity index (χ0n) is 9.97. The number of piperidine rings is 1. The number of rotatable bonds is 2. The number of aromatic amines is 1. The van der Waals surface area contributed by atoms with Gasteiger partial charge < -0.3 is 5.32 Å². The summed E-state index contributed by atoms with van der Waals surface area (Å²) in [7, 11) is 0. The van der Waals surface area contributed by atoms with Gasteiger partial charge in [0.1, 0.15) is 0 Å². The highest BCUT2D eigenvalue weighted by atomic mass is 35.5. The van der Waals surface area contributed by atoms with Crippen molar-refractivity contribution < 1.29 is 0 Å². The fourth-order valence-electron chi connectivity index (χ4n) is 2.18. The molecule has 1 aliphatic heterocycles. The van der Waals surface area contributed by atoms with Gasteiger partial charge in [-0.15, -0.1) is 12.4 Å². The molecule has 3 rings (SSSR count). The van der Waals surface area contributed by atoms with Crippen LogP contribution in [-0.2, 0) is 0 Å². The Morgan fingerprint density at radius 2 is 1.83 bits per heavy atom. The van der Waals surface area contributed by atoms with Crippen LogP contribution in [0.1, 0.15) is 24.6 Å². The van der Waals surface area contributed by atoms with Gasteiger partial charge in [-0.3, -0.25) is 10.1 Å². The highest BCUT2D eigenvalue weighted by Crippen LogP contribution is 2.23. The lowest BCUT2D eigenvalue weighted by atomic mass is 9.98. The monoisotopic (exact) mass is 265 g/mol. The van der Waals surface area contributed by atoms with Crippen molar-refractivity contribution in [2.45, 2.75) is 18.8 Å². The molecule has 18 heavy (non-hydrogen) atoms. The van der Waals surface area contributed by atoms with Crippen LogP contribution in [0.2, 0.25) is 0 Å². The minimum atomic E-state index is 0. The van der Waals surface area contributed by atoms with Crippen molar-refractivity contribution in [2.75, 3.05) is 13.1 Å². The van der Waals surface area contributed by atoms with Gasteiger partial charge in [-0.1, -0.05) is 0 Å². The summed E-state index contributed by atoms with van der Waals surface area (Å²) in [6.45, 7) is 2.12. The Labute approximate surface area is 112 Å². The van der Waals surface area contributed by atoms with E-state index in [0.29, 0.717) is 5.92 Å². The number of nitrogens with one attached hydrogen (secondary N) is 2. The highest BCUT2D eigenvalue weighted by molar-refractivity contribution is 5.85. The Morgan fingerprint density at radius 3 is 2.56 bits per heavy atom. The van der Waals surface area contributed by atoms with E-state index in [0.717, 1.165) is 43.1 Å². The van der Waals surface area contributed by atoms with Crippen LogP contribution >= 0.6 is 12.4 Å². The molecule has 96 valence electrons. The Hall–Kier alpha value is -1.46. The largest absolute Gasteiger partial charge is 0.317 e. The minimum Gasteiger partial charge on any atom is -0.317 e. The van der Waals surface area contributed by atoms with Crippen LogP contribution in [0.3, 0.4) is 0 Å². The van der Waals surface area contributed by atoms with E-state index in [-0.39, 0.29) is 12.4 Å². The molecule has 0 saturated carbocycles. The summed E-state index contributed by atoms with van der Waals surface area (Å²) in [4.78, 5) is 8.58. The average molecular weight is 266 g/mol. The van der Waals surface area contributed by atoms with Crippen molar-refractivity contribution in [1.29, 1.82) is 0 Å². The third kappa shape index (κ3) is 2.68. The Bertz CT molecular complexity index is 478. The number of pyridine rings is 1. The first-order valence-electron chi connectivity index (χ1n) is 5.97. The molecule has 0 radical (unpaired) electrons. The zero-order valence-corrected chi connectivity index (χ0v) is 10.8. The molecule has 0 unspecified atom stereocenters. The van der Waals surface area contributed by atoms with Crippen LogP contribution < -0.4 is 5.32 Å². The van der Waals surface area contributed by atoms with E-state index in [1.165, 1.54) is 0 Å². The summed E-state index contributed by atoms with van der Waals surface area (Å²) >= 11 is 0. The van der Waals surface area contributed by atoms with Gasteiger partial charge in [0.05, 0.1) is 0 Å². The lowest BCUT2D eigenvalue weighted by Crippen LogP contribution is -2.27. The maximum Gasteiger partial charge on any atom is 0.155 e. The maximum absolute atomic E-state index is 4.58. The van der Waals surface area contributed by atoms with Gasteiger partial charge in [0.15, 0.2) is 11.6 Å². The van der Waals surface area contributed by atoms with Crippen molar-refractivity contribution >= 4 is 12.4 Å². The second kappa shape index (κ2) is 5.93. The van der Waals surface area contributed by atoms with Gasteiger partial charge in [0.25, 0.3) is 0 Å². The number of aromatic nitrogens is 4. The predicted molar refractivity (Wildman–Crippen MR) is 71.7 cm³/mol. The Morgan fingerprint density at radius 1 is 1.11 bits per heavy atom. The molecular weight excluding hydrogens is 250 g/mol. The van der Waals surface area contributed by atoms with E-state index < -0.39 is 0 Å². The molecule has 2 N–H and O–H groups in total. The van der Waals surface area contributed by atoms with Gasteiger partial charge >= 0.3 is 0 Å². The van der Waals surface area contributed by atoms with Gasteiger partial charge in [-0.25, -0.2) is 4.98 Å². The molecule has 3 heterocycles. The quantitative estimate of drug-likeness (QED) is 0.868. The van der Waals surface area contributed by atoms with E-state index in [4.69, 9.17) is 0 Å². The smallest absolute Gasteiger partial charge is 0.155 e. The van der Waals surface area contributed by atoms with Crippen molar-refractivity contribution in [3.05, 3.63) is 30.4 Å². The van der Waals surface area contributed by atoms with E-state index in [2.05, 4.69) is 25.5 Å². The lowest BCUT2D eigenvalue weighted by Gasteiger charge is -2.19. The second-order valence-electron chi connectivity index (χ2n) is 4.30. The first-order valence-corrected chi connectivity index (χ1v) is 5.97. The summed E-state index contributed by atoms with van der Waals surface area (Å²) in [6.07, 6.45) is 5.77. The van der Waals surface area contributed by atoms with Gasteiger partial charge in [0, 0.05) is 23.9 Å². The van der Waals surface area contributed by atoms with Gasteiger partial charge in [-0.2, -0.15) is 5.10 Å². The standard InChI is InChI=1S/C12H15N5.ClH/c1-5-13-6-2-9(1)11-15-12(17-16-11)10-3-7-14-8-4-10;/h1-2,5-6,10,14H,3-4,7-8H2,(H,15,16,17);1H. The first kappa shape index (κ1) is 13.0. The molecule has 0 bridgehead atoms. The molecule has 0 spiro atoms. The Balaban J connectivity index is 0.00000120. The van der Waals surface area contributed by atoms with Gasteiger partial charge in [0.2, 0.25) is 0 Å². The van der Waals surface area contributed by atoms with Crippen molar-refractivity contribution in [3.8, 4) is 11.4 Å². The van der Waals surface area contributed by atoms with Gasteiger partial charge in [-0.05, 0) is 38.1 Å². The molecule has 0 aromatic carbocycles. The molecule has 1 fully saturated rings. The minimum absolute atomic E-state index is 0. The summed E-state index contributed by atoms with van der Waals surface area (Å²) < 4.78 is 0. The summed E-state index contributed by atoms with van der Waals surface area (Å²) in [5.41, 5.74) is 1.03. The summed E-state index contributed by atoms with van der Waals surface area (Å²) in [6, 6.07) is 3.87. The molecule has 1 saturated heterocycles. The van der Waals surface area contributed by atoms with E-state index in [9.17, 15) is 0 Å². The predicted octanol–water partition coefficient (Wildman–Crippen LogP) is 1.76. The molecule has 5 nitrogen and oxygen atoms in total. The third-order valence-corrected chi connectivity index (χ3v) is 3.16. The van der Waals surface area contributed by atoms with Crippen LogP contribution in [0, 0.1) is 0 Å². The fourth-order valence-corrected chi connectivity index (χ4v) is 2.18. The second-order valence-corrected chi connectivity index (χ2v) is 4.30. The number of hydrogen-bond acceptors (Lipinski definition) is 4. The highest BCUT2D eigenvalue weighted by Gasteiger charge is 2.19. The SMILES string of the molecule is Cl.c1cc(-c2nc(C3CCNCC3)n[nH]2)ccn1. The number of halogens is 1. The van der Waals surface area contributed by atoms with Crippen LogP contribution in [0.5, 0.6) is 0 Å². The topological polar surface area (TPSA) is 66.5 Å². The van der Waals surface area contributed by atoms with E-state index >= 15 is 0 Å². The fraction of sp³-hybridized carbons (Fsp3) is 0.417. The van der Waals surface area contributed by atoms with Crippen LogP contribution in [0.4, 0.5) is 0 Å². The first-order chi connectivity index (χ1) is 8.43. The molecule has 2 aromatic heterocycles. The number of H-pyrrole nitrogens is 1. The molecule has 1 aliphatic rings. The van der Waals surface area contributed by atoms with Crippen LogP contribution in [0.15, 0.2) is 24.5 Å². The van der Waals surface area contributed by atoms with Crippen molar-refractivity contribution in [1.82, 2.24) is 25.5 Å². The number of nitrogens with zero attached hydrogens (tertiary/aromatic N) is 3. The number of hydrogen-bond donors (Lipinski definition) is 2. The molecule has 0 amide bonds. The maximum atomic E-state index is 4.58. The summed E-state index contributed by atoms with van der Waals surface area (Å²) in [5, 5.41) is 10.7. The van der Waals surface area contributed by atoms with Crippen LogP contribution in [-0.4, -0.2) is 33.3 Å². The molecule has 0 aliphatic carbocycles. The molecule has 0 atom stereocenters. The average Bonchev–Trinajstić information content (AvgIpc) is 2.90. The Kier molecular flexibility index (Phi) is 4.28. The molecular formula is C12H16ClN5. The zero-order chi connectivity index (χ0) is 11.5. The lowest BCUT2D eigenvalue weighted by molar-refractivity contribution is 0.446.